The van der Waals surface area contributed by atoms with E-state index in [1.54, 1.807) is 4.90 Å². The van der Waals surface area contributed by atoms with Crippen molar-refractivity contribution in [3.63, 3.8) is 0 Å². The molecule has 0 saturated carbocycles. The first kappa shape index (κ1) is 20.2. The third-order valence-corrected chi connectivity index (χ3v) is 3.64. The molecule has 0 atom stereocenters. The quantitative estimate of drug-likeness (QED) is 0.755. The topological polar surface area (TPSA) is 54.0 Å². The highest BCUT2D eigenvalue weighted by Crippen LogP contribution is 2.17. The number of hydrogen-bond donors (Lipinski definition) is 1. The SMILES string of the molecule is CC(C)(C)OC(=O)N(CCNCCN1CCOCC1)C(C)(C)C. The molecule has 0 aromatic rings. The summed E-state index contributed by atoms with van der Waals surface area (Å²) in [6.07, 6.45) is -0.250. The van der Waals surface area contributed by atoms with Gasteiger partial charge in [-0.2, -0.15) is 0 Å². The lowest BCUT2D eigenvalue weighted by Crippen LogP contribution is -2.50. The van der Waals surface area contributed by atoms with E-state index in [0.29, 0.717) is 6.54 Å². The zero-order chi connectivity index (χ0) is 17.5. The molecular formula is C17H35N3O3. The number of carbonyl (C=O) groups excluding carboxylic acids is 1. The summed E-state index contributed by atoms with van der Waals surface area (Å²) in [5.74, 6) is 0. The van der Waals surface area contributed by atoms with Gasteiger partial charge in [-0.25, -0.2) is 4.79 Å². The largest absolute Gasteiger partial charge is 0.444 e. The molecule has 0 unspecified atom stereocenters. The maximum absolute atomic E-state index is 12.4. The fourth-order valence-electron chi connectivity index (χ4n) is 2.40. The van der Waals surface area contributed by atoms with Gasteiger partial charge in [-0.1, -0.05) is 0 Å². The number of nitrogens with zero attached hydrogens (tertiary/aromatic N) is 2. The Morgan fingerprint density at radius 1 is 1.13 bits per heavy atom. The van der Waals surface area contributed by atoms with Gasteiger partial charge < -0.3 is 19.7 Å². The normalized spacial score (nSPS) is 17.1. The second-order valence-corrected chi connectivity index (χ2v) is 8.01. The summed E-state index contributed by atoms with van der Waals surface area (Å²) < 4.78 is 10.9. The lowest BCUT2D eigenvalue weighted by atomic mass is 10.1. The molecule has 0 spiro atoms. The summed E-state index contributed by atoms with van der Waals surface area (Å²) >= 11 is 0. The number of rotatable bonds is 6. The molecule has 1 saturated heterocycles. The van der Waals surface area contributed by atoms with Crippen LogP contribution in [0.2, 0.25) is 0 Å². The van der Waals surface area contributed by atoms with Crippen LogP contribution in [-0.4, -0.2) is 79.5 Å². The molecule has 6 heteroatoms. The molecule has 1 rings (SSSR count). The Balaban J connectivity index is 2.32. The minimum absolute atomic E-state index is 0.250. The first-order chi connectivity index (χ1) is 10.6. The second kappa shape index (κ2) is 8.85. The van der Waals surface area contributed by atoms with Crippen molar-refractivity contribution in [1.82, 2.24) is 15.1 Å². The fraction of sp³-hybridized carbons (Fsp3) is 0.941. The number of amides is 1. The number of nitrogens with one attached hydrogen (secondary N) is 1. The van der Waals surface area contributed by atoms with E-state index >= 15 is 0 Å². The molecule has 23 heavy (non-hydrogen) atoms. The van der Waals surface area contributed by atoms with Crippen LogP contribution in [0.4, 0.5) is 4.79 Å². The molecule has 0 bridgehead atoms. The highest BCUT2D eigenvalue weighted by molar-refractivity contribution is 5.69. The Kier molecular flexibility index (Phi) is 7.77. The highest BCUT2D eigenvalue weighted by atomic mass is 16.6. The summed E-state index contributed by atoms with van der Waals surface area (Å²) in [4.78, 5) is 16.6. The van der Waals surface area contributed by atoms with Gasteiger partial charge in [0.2, 0.25) is 0 Å². The smallest absolute Gasteiger partial charge is 0.410 e. The summed E-state index contributed by atoms with van der Waals surface area (Å²) in [7, 11) is 0. The third kappa shape index (κ3) is 8.53. The van der Waals surface area contributed by atoms with E-state index in [0.717, 1.165) is 45.9 Å². The average molecular weight is 329 g/mol. The van der Waals surface area contributed by atoms with Crippen LogP contribution in [0.25, 0.3) is 0 Å². The Morgan fingerprint density at radius 3 is 2.26 bits per heavy atom. The Hall–Kier alpha value is -0.850. The van der Waals surface area contributed by atoms with E-state index in [9.17, 15) is 4.79 Å². The number of hydrogen-bond acceptors (Lipinski definition) is 5. The molecule has 0 aromatic carbocycles. The van der Waals surface area contributed by atoms with Gasteiger partial charge in [-0.15, -0.1) is 0 Å². The maximum Gasteiger partial charge on any atom is 0.410 e. The zero-order valence-electron chi connectivity index (χ0n) is 15.8. The van der Waals surface area contributed by atoms with Crippen molar-refractivity contribution in [2.75, 3.05) is 52.5 Å². The Morgan fingerprint density at radius 2 is 1.74 bits per heavy atom. The van der Waals surface area contributed by atoms with Gasteiger partial charge in [0.1, 0.15) is 5.60 Å². The van der Waals surface area contributed by atoms with Crippen LogP contribution >= 0.6 is 0 Å². The van der Waals surface area contributed by atoms with E-state index in [-0.39, 0.29) is 11.6 Å². The monoisotopic (exact) mass is 329 g/mol. The lowest BCUT2D eigenvalue weighted by molar-refractivity contribution is 0.00646. The van der Waals surface area contributed by atoms with Crippen molar-refractivity contribution in [2.24, 2.45) is 0 Å². The van der Waals surface area contributed by atoms with Crippen molar-refractivity contribution < 1.29 is 14.3 Å². The molecule has 0 aliphatic carbocycles. The summed E-state index contributed by atoms with van der Waals surface area (Å²) in [6, 6.07) is 0. The third-order valence-electron chi connectivity index (χ3n) is 3.64. The lowest BCUT2D eigenvalue weighted by Gasteiger charge is -2.37. The van der Waals surface area contributed by atoms with Crippen LogP contribution in [0, 0.1) is 0 Å². The molecule has 1 aliphatic rings. The first-order valence-electron chi connectivity index (χ1n) is 8.61. The predicted molar refractivity (Wildman–Crippen MR) is 92.8 cm³/mol. The van der Waals surface area contributed by atoms with E-state index < -0.39 is 5.60 Å². The van der Waals surface area contributed by atoms with Gasteiger partial charge in [0, 0.05) is 44.8 Å². The molecule has 1 amide bonds. The minimum Gasteiger partial charge on any atom is -0.444 e. The van der Waals surface area contributed by atoms with E-state index in [1.165, 1.54) is 0 Å². The number of morpholine rings is 1. The van der Waals surface area contributed by atoms with Crippen molar-refractivity contribution >= 4 is 6.09 Å². The Labute approximate surface area is 141 Å². The molecule has 1 fully saturated rings. The number of ether oxygens (including phenoxy) is 2. The average Bonchev–Trinajstić information content (AvgIpc) is 2.40. The van der Waals surface area contributed by atoms with E-state index in [1.807, 2.05) is 41.5 Å². The molecule has 1 heterocycles. The van der Waals surface area contributed by atoms with Crippen LogP contribution in [0.3, 0.4) is 0 Å². The first-order valence-corrected chi connectivity index (χ1v) is 8.61. The molecular weight excluding hydrogens is 294 g/mol. The standard InChI is InChI=1S/C17H35N3O3/c1-16(2,3)20(15(21)23-17(4,5)6)10-8-18-7-9-19-11-13-22-14-12-19/h18H,7-14H2,1-6H3. The summed E-state index contributed by atoms with van der Waals surface area (Å²) in [5, 5.41) is 3.42. The second-order valence-electron chi connectivity index (χ2n) is 8.01. The molecule has 6 nitrogen and oxygen atoms in total. The summed E-state index contributed by atoms with van der Waals surface area (Å²) in [5.41, 5.74) is -0.724. The summed E-state index contributed by atoms with van der Waals surface area (Å²) in [6.45, 7) is 18.8. The minimum atomic E-state index is -0.468. The van der Waals surface area contributed by atoms with Crippen LogP contribution in [-0.2, 0) is 9.47 Å². The molecule has 1 N–H and O–H groups in total. The van der Waals surface area contributed by atoms with Crippen LogP contribution < -0.4 is 5.32 Å². The van der Waals surface area contributed by atoms with Crippen molar-refractivity contribution in [3.8, 4) is 0 Å². The van der Waals surface area contributed by atoms with Crippen LogP contribution in [0.1, 0.15) is 41.5 Å². The van der Waals surface area contributed by atoms with Crippen molar-refractivity contribution in [3.05, 3.63) is 0 Å². The molecule has 0 radical (unpaired) electrons. The van der Waals surface area contributed by atoms with Crippen molar-refractivity contribution in [2.45, 2.75) is 52.7 Å². The predicted octanol–water partition coefficient (Wildman–Crippen LogP) is 1.94. The van der Waals surface area contributed by atoms with Gasteiger partial charge in [-0.05, 0) is 41.5 Å². The van der Waals surface area contributed by atoms with Crippen LogP contribution in [0.5, 0.6) is 0 Å². The van der Waals surface area contributed by atoms with Gasteiger partial charge in [0.25, 0.3) is 0 Å². The molecule has 0 aromatic heterocycles. The highest BCUT2D eigenvalue weighted by Gasteiger charge is 2.30. The van der Waals surface area contributed by atoms with Crippen molar-refractivity contribution in [1.29, 1.82) is 0 Å². The van der Waals surface area contributed by atoms with Gasteiger partial charge >= 0.3 is 6.09 Å². The van der Waals surface area contributed by atoms with E-state index in [4.69, 9.17) is 9.47 Å². The Bertz CT molecular complexity index is 355. The van der Waals surface area contributed by atoms with Gasteiger partial charge in [-0.3, -0.25) is 4.90 Å². The van der Waals surface area contributed by atoms with Crippen LogP contribution in [0.15, 0.2) is 0 Å². The molecule has 136 valence electrons. The maximum atomic E-state index is 12.4. The molecule has 1 aliphatic heterocycles. The van der Waals surface area contributed by atoms with E-state index in [2.05, 4.69) is 10.2 Å². The van der Waals surface area contributed by atoms with Gasteiger partial charge in [0.15, 0.2) is 0 Å². The van der Waals surface area contributed by atoms with Gasteiger partial charge in [0.05, 0.1) is 13.2 Å². The number of carbonyl (C=O) groups is 1. The zero-order valence-corrected chi connectivity index (χ0v) is 15.8. The fourth-order valence-corrected chi connectivity index (χ4v) is 2.40.